The molecule has 0 aliphatic heterocycles. The number of nitrogens with zero attached hydrogens (tertiary/aromatic N) is 4. The van der Waals surface area contributed by atoms with Crippen LogP contribution >= 0.6 is 0 Å². The van der Waals surface area contributed by atoms with Crippen LogP contribution in [0.1, 0.15) is 40.0 Å². The van der Waals surface area contributed by atoms with Crippen LogP contribution in [0.25, 0.3) is 10.8 Å². The molecule has 6 nitrogen and oxygen atoms in total. The third-order valence-electron chi connectivity index (χ3n) is 5.60. The van der Waals surface area contributed by atoms with E-state index in [4.69, 9.17) is 0 Å². The molecule has 1 N–H and O–H groups in total. The predicted octanol–water partition coefficient (Wildman–Crippen LogP) is 2.97. The molecule has 0 spiro atoms. The first kappa shape index (κ1) is 16.8. The van der Waals surface area contributed by atoms with Gasteiger partial charge in [-0.1, -0.05) is 23.8 Å². The lowest BCUT2D eigenvalue weighted by atomic mass is 9.73. The molecule has 7 heteroatoms. The summed E-state index contributed by atoms with van der Waals surface area (Å²) in [6.07, 6.45) is 2.23. The summed E-state index contributed by atoms with van der Waals surface area (Å²) in [5.74, 6) is 0.295. The fourth-order valence-electron chi connectivity index (χ4n) is 4.41. The first-order chi connectivity index (χ1) is 13.5. The summed E-state index contributed by atoms with van der Waals surface area (Å²) >= 11 is 0. The monoisotopic (exact) mass is 375 g/mol. The topological polar surface area (TPSA) is 76.5 Å². The Labute approximate surface area is 160 Å². The molecule has 0 fully saturated rings. The first-order valence-corrected chi connectivity index (χ1v) is 9.14. The summed E-state index contributed by atoms with van der Waals surface area (Å²) in [5, 5.41) is 12.9. The number of hydrogen-bond donors (Lipinski definition) is 1. The van der Waals surface area contributed by atoms with Gasteiger partial charge in [0.25, 0.3) is 5.56 Å². The quantitative estimate of drug-likeness (QED) is 0.584. The maximum Gasteiger partial charge on any atom is 0.272 e. The molecule has 4 aromatic rings. The van der Waals surface area contributed by atoms with Crippen LogP contribution in [-0.4, -0.2) is 25.0 Å². The van der Waals surface area contributed by atoms with Gasteiger partial charge in [-0.05, 0) is 42.7 Å². The van der Waals surface area contributed by atoms with E-state index in [1.807, 2.05) is 32.2 Å². The largest absolute Gasteiger partial charge is 0.272 e. The van der Waals surface area contributed by atoms with Gasteiger partial charge in [0.1, 0.15) is 18.0 Å². The lowest BCUT2D eigenvalue weighted by Gasteiger charge is -2.32. The van der Waals surface area contributed by atoms with Crippen LogP contribution in [-0.2, 0) is 13.5 Å². The Kier molecular flexibility index (Phi) is 3.65. The minimum atomic E-state index is -0.268. The number of hydrogen-bond acceptors (Lipinski definition) is 4. The molecular weight excluding hydrogens is 357 g/mol. The molecule has 0 radical (unpaired) electrons. The molecule has 2 heterocycles. The zero-order valence-corrected chi connectivity index (χ0v) is 15.5. The van der Waals surface area contributed by atoms with Gasteiger partial charge in [0.15, 0.2) is 0 Å². The molecule has 2 aromatic heterocycles. The molecule has 1 aliphatic rings. The van der Waals surface area contributed by atoms with E-state index in [9.17, 15) is 9.18 Å². The molecule has 2 atom stereocenters. The van der Waals surface area contributed by atoms with E-state index in [0.717, 1.165) is 33.6 Å². The van der Waals surface area contributed by atoms with Crippen LogP contribution in [0.3, 0.4) is 0 Å². The minimum Gasteiger partial charge on any atom is -0.267 e. The van der Waals surface area contributed by atoms with Crippen molar-refractivity contribution < 1.29 is 4.39 Å². The van der Waals surface area contributed by atoms with Gasteiger partial charge in [-0.3, -0.25) is 9.48 Å². The number of rotatable bonds is 2. The number of halogens is 1. The third kappa shape index (κ3) is 2.46. The van der Waals surface area contributed by atoms with Gasteiger partial charge in [-0.25, -0.2) is 14.5 Å². The Bertz CT molecular complexity index is 1260. The number of nitrogens with one attached hydrogen (secondary N) is 1. The van der Waals surface area contributed by atoms with Gasteiger partial charge in [-0.2, -0.15) is 10.2 Å². The molecular formula is C21H18FN5O. The smallest absolute Gasteiger partial charge is 0.267 e. The number of aromatic nitrogens is 5. The van der Waals surface area contributed by atoms with Crippen molar-refractivity contribution in [3.8, 4) is 0 Å². The molecule has 140 valence electrons. The van der Waals surface area contributed by atoms with Gasteiger partial charge >= 0.3 is 0 Å². The van der Waals surface area contributed by atoms with E-state index in [2.05, 4.69) is 26.3 Å². The number of benzene rings is 2. The van der Waals surface area contributed by atoms with Crippen molar-refractivity contribution in [2.75, 3.05) is 0 Å². The van der Waals surface area contributed by atoms with Crippen LogP contribution in [0.4, 0.5) is 4.39 Å². The van der Waals surface area contributed by atoms with E-state index in [0.29, 0.717) is 11.8 Å². The Balaban J connectivity index is 1.82. The normalized spacial score (nSPS) is 18.5. The van der Waals surface area contributed by atoms with Crippen molar-refractivity contribution >= 4 is 10.8 Å². The number of aromatic amines is 1. The second kappa shape index (κ2) is 6.09. The molecule has 28 heavy (non-hydrogen) atoms. The van der Waals surface area contributed by atoms with Crippen LogP contribution in [0.2, 0.25) is 0 Å². The van der Waals surface area contributed by atoms with Crippen LogP contribution in [0.5, 0.6) is 0 Å². The molecule has 0 saturated heterocycles. The van der Waals surface area contributed by atoms with Gasteiger partial charge < -0.3 is 0 Å². The summed E-state index contributed by atoms with van der Waals surface area (Å²) in [5.41, 5.74) is 3.70. The molecule has 0 bridgehead atoms. The Hall–Kier alpha value is -3.35. The summed E-state index contributed by atoms with van der Waals surface area (Å²) in [6, 6.07) is 10.6. The highest BCUT2D eigenvalue weighted by atomic mass is 19.1. The average molecular weight is 375 g/mol. The average Bonchev–Trinajstić information content (AvgIpc) is 3.10. The Morgan fingerprint density at radius 3 is 2.71 bits per heavy atom. The van der Waals surface area contributed by atoms with Crippen molar-refractivity contribution in [3.05, 3.63) is 87.1 Å². The summed E-state index contributed by atoms with van der Waals surface area (Å²) in [4.78, 5) is 16.9. The van der Waals surface area contributed by atoms with Crippen molar-refractivity contribution in [2.24, 2.45) is 7.05 Å². The highest BCUT2D eigenvalue weighted by molar-refractivity contribution is 5.89. The lowest BCUT2D eigenvalue weighted by molar-refractivity contribution is 0.521. The highest BCUT2D eigenvalue weighted by Crippen LogP contribution is 2.46. The molecule has 5 rings (SSSR count). The minimum absolute atomic E-state index is 0.000554. The predicted molar refractivity (Wildman–Crippen MR) is 103 cm³/mol. The maximum absolute atomic E-state index is 13.5. The van der Waals surface area contributed by atoms with Crippen LogP contribution in [0, 0.1) is 12.7 Å². The second-order valence-corrected chi connectivity index (χ2v) is 7.37. The molecule has 0 amide bonds. The van der Waals surface area contributed by atoms with Gasteiger partial charge in [-0.15, -0.1) is 0 Å². The standard InChI is InChI=1S/C21H18FN5O/c1-11-7-13-9-15(12-3-5-14(22)6-4-12)18(20-23-10-24-27(20)2)19-17(13)16(8-11)21(28)26-25-19/h3-8,10,15,18H,9H2,1-2H3,(H,26,28). The van der Waals surface area contributed by atoms with E-state index in [1.165, 1.54) is 18.5 Å². The zero-order valence-electron chi connectivity index (χ0n) is 15.5. The fraction of sp³-hybridized carbons (Fsp3) is 0.238. The van der Waals surface area contributed by atoms with Gasteiger partial charge in [0, 0.05) is 18.4 Å². The van der Waals surface area contributed by atoms with Crippen molar-refractivity contribution in [1.82, 2.24) is 25.0 Å². The fourth-order valence-corrected chi connectivity index (χ4v) is 4.41. The van der Waals surface area contributed by atoms with Crippen molar-refractivity contribution in [2.45, 2.75) is 25.2 Å². The third-order valence-corrected chi connectivity index (χ3v) is 5.60. The van der Waals surface area contributed by atoms with Crippen LogP contribution in [0.15, 0.2) is 47.5 Å². The molecule has 1 aliphatic carbocycles. The molecule has 2 aromatic carbocycles. The summed E-state index contributed by atoms with van der Waals surface area (Å²) < 4.78 is 15.3. The number of H-pyrrole nitrogens is 1. The Morgan fingerprint density at radius 2 is 2.00 bits per heavy atom. The van der Waals surface area contributed by atoms with Crippen LogP contribution < -0.4 is 5.56 Å². The van der Waals surface area contributed by atoms with E-state index >= 15 is 0 Å². The highest BCUT2D eigenvalue weighted by Gasteiger charge is 2.37. The SMILES string of the molecule is Cc1cc2c3c(n[nH]c(=O)c3c1)C(c1ncnn1C)C(c1ccc(F)cc1)C2. The van der Waals surface area contributed by atoms with Gasteiger partial charge in [0.2, 0.25) is 0 Å². The maximum atomic E-state index is 13.5. The first-order valence-electron chi connectivity index (χ1n) is 9.14. The van der Waals surface area contributed by atoms with E-state index < -0.39 is 0 Å². The number of aryl methyl sites for hydroxylation is 2. The lowest BCUT2D eigenvalue weighted by Crippen LogP contribution is -2.27. The van der Waals surface area contributed by atoms with E-state index in [-0.39, 0.29) is 23.2 Å². The molecule has 0 saturated carbocycles. The summed E-state index contributed by atoms with van der Waals surface area (Å²) in [7, 11) is 1.84. The zero-order chi connectivity index (χ0) is 19.4. The summed E-state index contributed by atoms with van der Waals surface area (Å²) in [6.45, 7) is 1.98. The van der Waals surface area contributed by atoms with E-state index in [1.54, 1.807) is 4.68 Å². The van der Waals surface area contributed by atoms with Gasteiger partial charge in [0.05, 0.1) is 17.0 Å². The second-order valence-electron chi connectivity index (χ2n) is 7.37. The van der Waals surface area contributed by atoms with Crippen molar-refractivity contribution in [1.29, 1.82) is 0 Å². The molecule has 2 unspecified atom stereocenters. The Morgan fingerprint density at radius 1 is 1.21 bits per heavy atom. The van der Waals surface area contributed by atoms with Crippen molar-refractivity contribution in [3.63, 3.8) is 0 Å².